The van der Waals surface area contributed by atoms with E-state index >= 15 is 0 Å². The van der Waals surface area contributed by atoms with Gasteiger partial charge in [0, 0.05) is 13.1 Å². The van der Waals surface area contributed by atoms with Crippen LogP contribution < -0.4 is 10.1 Å². The first-order chi connectivity index (χ1) is 13.9. The Morgan fingerprint density at radius 1 is 1.10 bits per heavy atom. The minimum Gasteiger partial charge on any atom is -0.497 e. The molecule has 29 heavy (non-hydrogen) atoms. The molecule has 1 N–H and O–H groups in total. The molecule has 5 nitrogen and oxygen atoms in total. The minimum absolute atomic E-state index is 0.0726. The maximum Gasteiger partial charge on any atom is 0.242 e. The molecule has 1 unspecified atom stereocenters. The lowest BCUT2D eigenvalue weighted by atomic mass is 10.1. The van der Waals surface area contributed by atoms with Crippen molar-refractivity contribution in [3.05, 3.63) is 65.2 Å². The van der Waals surface area contributed by atoms with E-state index in [4.69, 9.17) is 4.74 Å². The van der Waals surface area contributed by atoms with Gasteiger partial charge in [0.15, 0.2) is 0 Å². The van der Waals surface area contributed by atoms with Gasteiger partial charge in [-0.1, -0.05) is 55.3 Å². The molecule has 0 aromatic heterocycles. The Bertz CT molecular complexity index is 819. The van der Waals surface area contributed by atoms with Gasteiger partial charge in [-0.25, -0.2) is 0 Å². The fourth-order valence-corrected chi connectivity index (χ4v) is 3.18. The first-order valence-corrected chi connectivity index (χ1v) is 10.2. The lowest BCUT2D eigenvalue weighted by molar-refractivity contribution is -0.140. The van der Waals surface area contributed by atoms with Gasteiger partial charge in [-0.05, 0) is 43.5 Å². The molecule has 2 aromatic carbocycles. The summed E-state index contributed by atoms with van der Waals surface area (Å²) in [5.74, 6) is 0.532. The van der Waals surface area contributed by atoms with Gasteiger partial charge in [0.05, 0.1) is 13.5 Å². The third kappa shape index (κ3) is 6.93. The number of ether oxygens (including phenoxy) is 1. The van der Waals surface area contributed by atoms with Crippen molar-refractivity contribution >= 4 is 11.8 Å². The van der Waals surface area contributed by atoms with E-state index < -0.39 is 6.04 Å². The summed E-state index contributed by atoms with van der Waals surface area (Å²) in [7, 11) is 1.61. The largest absolute Gasteiger partial charge is 0.497 e. The van der Waals surface area contributed by atoms with Crippen LogP contribution in [0.5, 0.6) is 5.75 Å². The zero-order valence-corrected chi connectivity index (χ0v) is 17.9. The number of unbranched alkanes of at least 4 members (excludes halogenated alkanes) is 1. The van der Waals surface area contributed by atoms with Crippen LogP contribution in [-0.2, 0) is 22.6 Å². The standard InChI is InChI=1S/C24H32N2O3/c1-5-6-13-25-24(28)19(3)26(17-21-11-8-12-22(15-21)29-4)23(27)16-20-10-7-9-18(2)14-20/h7-12,14-15,19H,5-6,13,16-17H2,1-4H3,(H,25,28). The van der Waals surface area contributed by atoms with Crippen molar-refractivity contribution in [2.75, 3.05) is 13.7 Å². The number of carbonyl (C=O) groups excluding carboxylic acids is 2. The Morgan fingerprint density at radius 2 is 1.83 bits per heavy atom. The fraction of sp³-hybridized carbons (Fsp3) is 0.417. The van der Waals surface area contributed by atoms with E-state index in [0.717, 1.165) is 35.3 Å². The summed E-state index contributed by atoms with van der Waals surface area (Å²) in [4.78, 5) is 27.5. The van der Waals surface area contributed by atoms with Crippen molar-refractivity contribution in [3.63, 3.8) is 0 Å². The second-order valence-corrected chi connectivity index (χ2v) is 7.36. The topological polar surface area (TPSA) is 58.6 Å². The van der Waals surface area contributed by atoms with Gasteiger partial charge in [-0.15, -0.1) is 0 Å². The SMILES string of the molecule is CCCCNC(=O)C(C)N(Cc1cccc(OC)c1)C(=O)Cc1cccc(C)c1. The molecule has 0 saturated heterocycles. The number of aryl methyl sites for hydroxylation is 1. The van der Waals surface area contributed by atoms with Crippen LogP contribution >= 0.6 is 0 Å². The maximum atomic E-state index is 13.2. The number of nitrogens with zero attached hydrogens (tertiary/aromatic N) is 1. The predicted octanol–water partition coefficient (Wildman–Crippen LogP) is 3.88. The molecule has 0 radical (unpaired) electrons. The van der Waals surface area contributed by atoms with E-state index in [1.807, 2.05) is 55.5 Å². The van der Waals surface area contributed by atoms with Crippen LogP contribution in [0.1, 0.15) is 43.4 Å². The summed E-state index contributed by atoms with van der Waals surface area (Å²) in [5, 5.41) is 2.94. The average molecular weight is 397 g/mol. The van der Waals surface area contributed by atoms with E-state index in [-0.39, 0.29) is 18.2 Å². The van der Waals surface area contributed by atoms with Crippen molar-refractivity contribution in [3.8, 4) is 5.75 Å². The average Bonchev–Trinajstić information content (AvgIpc) is 2.71. The highest BCUT2D eigenvalue weighted by molar-refractivity contribution is 5.88. The second-order valence-electron chi connectivity index (χ2n) is 7.36. The Labute approximate surface area is 174 Å². The van der Waals surface area contributed by atoms with E-state index in [2.05, 4.69) is 12.2 Å². The zero-order valence-electron chi connectivity index (χ0n) is 17.9. The van der Waals surface area contributed by atoms with Gasteiger partial charge in [0.1, 0.15) is 11.8 Å². The molecular weight excluding hydrogens is 364 g/mol. The van der Waals surface area contributed by atoms with E-state index in [1.54, 1.807) is 18.9 Å². The molecular formula is C24H32N2O3. The Morgan fingerprint density at radius 3 is 2.52 bits per heavy atom. The van der Waals surface area contributed by atoms with E-state index in [9.17, 15) is 9.59 Å². The number of rotatable bonds is 10. The number of hydrogen-bond acceptors (Lipinski definition) is 3. The molecule has 5 heteroatoms. The molecule has 0 spiro atoms. The smallest absolute Gasteiger partial charge is 0.242 e. The molecule has 0 saturated carbocycles. The molecule has 0 aliphatic carbocycles. The van der Waals surface area contributed by atoms with Crippen LogP contribution in [0.4, 0.5) is 0 Å². The number of nitrogens with one attached hydrogen (secondary N) is 1. The number of carbonyl (C=O) groups is 2. The molecule has 0 bridgehead atoms. The molecule has 0 fully saturated rings. The lowest BCUT2D eigenvalue weighted by Crippen LogP contribution is -2.48. The van der Waals surface area contributed by atoms with Gasteiger partial charge in [0.2, 0.25) is 11.8 Å². The first-order valence-electron chi connectivity index (χ1n) is 10.2. The van der Waals surface area contributed by atoms with E-state index in [0.29, 0.717) is 13.1 Å². The fourth-order valence-electron chi connectivity index (χ4n) is 3.18. The maximum absolute atomic E-state index is 13.2. The van der Waals surface area contributed by atoms with Crippen molar-refractivity contribution in [1.29, 1.82) is 0 Å². The van der Waals surface area contributed by atoms with Crippen LogP contribution in [0.25, 0.3) is 0 Å². The summed E-state index contributed by atoms with van der Waals surface area (Å²) in [5.41, 5.74) is 2.99. The normalized spacial score (nSPS) is 11.6. The summed E-state index contributed by atoms with van der Waals surface area (Å²) >= 11 is 0. The highest BCUT2D eigenvalue weighted by Gasteiger charge is 2.26. The summed E-state index contributed by atoms with van der Waals surface area (Å²) < 4.78 is 5.30. The Hall–Kier alpha value is -2.82. The van der Waals surface area contributed by atoms with Crippen LogP contribution in [0.15, 0.2) is 48.5 Å². The quantitative estimate of drug-likeness (QED) is 0.620. The third-order valence-corrected chi connectivity index (χ3v) is 4.92. The molecule has 2 amide bonds. The minimum atomic E-state index is -0.560. The monoisotopic (exact) mass is 396 g/mol. The first kappa shape index (κ1) is 22.5. The van der Waals surface area contributed by atoms with Gasteiger partial charge in [-0.2, -0.15) is 0 Å². The Balaban J connectivity index is 2.20. The van der Waals surface area contributed by atoms with Gasteiger partial charge >= 0.3 is 0 Å². The van der Waals surface area contributed by atoms with Crippen LogP contribution in [-0.4, -0.2) is 36.4 Å². The Kier molecular flexibility index (Phi) is 8.71. The molecule has 0 heterocycles. The molecule has 1 atom stereocenters. The molecule has 2 rings (SSSR count). The van der Waals surface area contributed by atoms with Crippen LogP contribution in [0.3, 0.4) is 0 Å². The summed E-state index contributed by atoms with van der Waals surface area (Å²) in [6.45, 7) is 6.85. The highest BCUT2D eigenvalue weighted by Crippen LogP contribution is 2.17. The van der Waals surface area contributed by atoms with Crippen molar-refractivity contribution in [1.82, 2.24) is 10.2 Å². The molecule has 0 aliphatic heterocycles. The van der Waals surface area contributed by atoms with E-state index in [1.165, 1.54) is 0 Å². The molecule has 156 valence electrons. The van der Waals surface area contributed by atoms with Crippen molar-refractivity contribution < 1.29 is 14.3 Å². The third-order valence-electron chi connectivity index (χ3n) is 4.92. The number of amides is 2. The van der Waals surface area contributed by atoms with Crippen molar-refractivity contribution in [2.45, 2.75) is 52.6 Å². The van der Waals surface area contributed by atoms with Gasteiger partial charge in [0.25, 0.3) is 0 Å². The zero-order chi connectivity index (χ0) is 21.2. The second kappa shape index (κ2) is 11.2. The predicted molar refractivity (Wildman–Crippen MR) is 116 cm³/mol. The molecule has 2 aromatic rings. The van der Waals surface area contributed by atoms with Gasteiger partial charge < -0.3 is 15.0 Å². The lowest BCUT2D eigenvalue weighted by Gasteiger charge is -2.29. The number of benzene rings is 2. The molecule has 0 aliphatic rings. The van der Waals surface area contributed by atoms with Crippen LogP contribution in [0, 0.1) is 6.92 Å². The number of hydrogen-bond donors (Lipinski definition) is 1. The summed E-state index contributed by atoms with van der Waals surface area (Å²) in [6, 6.07) is 14.9. The highest BCUT2D eigenvalue weighted by atomic mass is 16.5. The van der Waals surface area contributed by atoms with Crippen molar-refractivity contribution in [2.24, 2.45) is 0 Å². The van der Waals surface area contributed by atoms with Gasteiger partial charge in [-0.3, -0.25) is 9.59 Å². The number of methoxy groups -OCH3 is 1. The summed E-state index contributed by atoms with van der Waals surface area (Å²) in [6.07, 6.45) is 2.19. The van der Waals surface area contributed by atoms with Crippen LogP contribution in [0.2, 0.25) is 0 Å².